The van der Waals surface area contributed by atoms with E-state index in [0.29, 0.717) is 6.42 Å². The van der Waals surface area contributed by atoms with Gasteiger partial charge in [-0.05, 0) is 61.3 Å². The van der Waals surface area contributed by atoms with E-state index in [1.54, 1.807) is 6.07 Å². The Morgan fingerprint density at radius 3 is 1.26 bits per heavy atom. The van der Waals surface area contributed by atoms with Crippen molar-refractivity contribution in [3.63, 3.8) is 0 Å². The molecule has 0 aliphatic carbocycles. The van der Waals surface area contributed by atoms with E-state index >= 15 is 0 Å². The Bertz CT molecular complexity index is 783. The minimum atomic E-state index is -1.12. The van der Waals surface area contributed by atoms with Gasteiger partial charge in [0.1, 0.15) is 0 Å². The van der Waals surface area contributed by atoms with Gasteiger partial charge in [-0.1, -0.05) is 130 Å². The van der Waals surface area contributed by atoms with Crippen LogP contribution in [0.15, 0.2) is 6.07 Å². The smallest absolute Gasteiger partial charge is 0.336 e. The van der Waals surface area contributed by atoms with Crippen molar-refractivity contribution in [2.24, 2.45) is 0 Å². The van der Waals surface area contributed by atoms with Gasteiger partial charge in [-0.25, -0.2) is 9.59 Å². The topological polar surface area (TPSA) is 74.6 Å². The molecule has 0 heterocycles. The summed E-state index contributed by atoms with van der Waals surface area (Å²) >= 11 is 0. The molecule has 1 rings (SSSR count). The second-order valence-electron chi connectivity index (χ2n) is 11.3. The Kier molecular flexibility index (Phi) is 19.8. The first kappa shape index (κ1) is 34.2. The van der Waals surface area contributed by atoms with E-state index in [1.165, 1.54) is 89.9 Å². The van der Waals surface area contributed by atoms with Crippen molar-refractivity contribution in [2.75, 3.05) is 0 Å². The lowest BCUT2D eigenvalue weighted by Crippen LogP contribution is -2.16. The summed E-state index contributed by atoms with van der Waals surface area (Å²) in [6, 6.07) is 1.71. The van der Waals surface area contributed by atoms with Crippen molar-refractivity contribution in [1.82, 2.24) is 0 Å². The van der Waals surface area contributed by atoms with E-state index in [2.05, 4.69) is 20.8 Å². The normalized spacial score (nSPS) is 11.2. The Labute approximate surface area is 234 Å². The molecule has 0 atom stereocenters. The predicted molar refractivity (Wildman–Crippen MR) is 161 cm³/mol. The van der Waals surface area contributed by atoms with Gasteiger partial charge in [-0.15, -0.1) is 0 Å². The Morgan fingerprint density at radius 1 is 0.500 bits per heavy atom. The van der Waals surface area contributed by atoms with Gasteiger partial charge >= 0.3 is 11.9 Å². The van der Waals surface area contributed by atoms with Crippen molar-refractivity contribution < 1.29 is 19.8 Å². The SMILES string of the molecule is CCCCCCCCCCc1c(CCCCCCCC)c(CCCCCCCC)cc(C(=O)O)c1C(=O)O. The highest BCUT2D eigenvalue weighted by molar-refractivity contribution is 6.03. The van der Waals surface area contributed by atoms with Crippen LogP contribution in [-0.2, 0) is 19.3 Å². The molecule has 0 radical (unpaired) electrons. The maximum absolute atomic E-state index is 12.4. The summed E-state index contributed by atoms with van der Waals surface area (Å²) in [7, 11) is 0. The zero-order valence-corrected chi connectivity index (χ0v) is 25.1. The maximum atomic E-state index is 12.4. The fourth-order valence-electron chi connectivity index (χ4n) is 5.68. The molecule has 1 aromatic rings. The second-order valence-corrected chi connectivity index (χ2v) is 11.3. The van der Waals surface area contributed by atoms with Gasteiger partial charge in [-0.3, -0.25) is 0 Å². The van der Waals surface area contributed by atoms with Gasteiger partial charge in [0.05, 0.1) is 11.1 Å². The fraction of sp³-hybridized carbons (Fsp3) is 0.765. The number of hydrogen-bond donors (Lipinski definition) is 2. The molecule has 38 heavy (non-hydrogen) atoms. The van der Waals surface area contributed by atoms with Crippen molar-refractivity contribution in [2.45, 2.75) is 168 Å². The summed E-state index contributed by atoms with van der Waals surface area (Å²) in [5, 5.41) is 20.1. The van der Waals surface area contributed by atoms with Crippen LogP contribution in [0.2, 0.25) is 0 Å². The van der Waals surface area contributed by atoms with Crippen LogP contribution < -0.4 is 0 Å². The average Bonchev–Trinajstić information content (AvgIpc) is 2.89. The molecule has 0 unspecified atom stereocenters. The molecule has 1 aromatic carbocycles. The molecular formula is C34H58O4. The first-order valence-electron chi connectivity index (χ1n) is 16.1. The third-order valence-corrected chi connectivity index (χ3v) is 7.95. The molecule has 0 saturated heterocycles. The lowest BCUT2D eigenvalue weighted by molar-refractivity contribution is 0.0650. The monoisotopic (exact) mass is 530 g/mol. The molecule has 0 saturated carbocycles. The molecule has 0 fully saturated rings. The van der Waals surface area contributed by atoms with Gasteiger partial charge < -0.3 is 10.2 Å². The molecule has 4 heteroatoms. The van der Waals surface area contributed by atoms with Gasteiger partial charge in [0, 0.05) is 0 Å². The molecule has 0 bridgehead atoms. The third kappa shape index (κ3) is 13.8. The summed E-state index contributed by atoms with van der Waals surface area (Å²) in [5.41, 5.74) is 3.09. The summed E-state index contributed by atoms with van der Waals surface area (Å²) < 4.78 is 0. The number of rotatable bonds is 25. The molecule has 218 valence electrons. The molecule has 0 aromatic heterocycles. The number of hydrogen-bond acceptors (Lipinski definition) is 2. The number of carbonyl (C=O) groups is 2. The van der Waals surface area contributed by atoms with Crippen LogP contribution in [0, 0.1) is 0 Å². The van der Waals surface area contributed by atoms with Crippen LogP contribution in [0.3, 0.4) is 0 Å². The summed E-state index contributed by atoms with van der Waals surface area (Å²) in [6.07, 6.45) is 26.2. The van der Waals surface area contributed by atoms with Gasteiger partial charge in [0.25, 0.3) is 0 Å². The standard InChI is InChI=1S/C34H58O4/c1-4-7-10-13-16-17-20-23-26-30-29(25-22-19-15-12-9-6-3)28(24-21-18-14-11-8-5-2)27-31(33(35)36)32(30)34(37)38/h27H,4-26H2,1-3H3,(H,35,36)(H,37,38). The fourth-order valence-corrected chi connectivity index (χ4v) is 5.68. The summed E-state index contributed by atoms with van der Waals surface area (Å²) in [6.45, 7) is 6.68. The molecule has 2 N–H and O–H groups in total. The molecule has 4 nitrogen and oxygen atoms in total. The lowest BCUT2D eigenvalue weighted by atomic mass is 9.84. The molecule has 0 aliphatic heterocycles. The van der Waals surface area contributed by atoms with E-state index < -0.39 is 11.9 Å². The van der Waals surface area contributed by atoms with E-state index in [9.17, 15) is 19.8 Å². The Hall–Kier alpha value is -1.84. The van der Waals surface area contributed by atoms with Crippen LogP contribution >= 0.6 is 0 Å². The molecule has 0 spiro atoms. The van der Waals surface area contributed by atoms with Gasteiger partial charge in [0.2, 0.25) is 0 Å². The van der Waals surface area contributed by atoms with Crippen LogP contribution in [0.1, 0.15) is 187 Å². The number of carboxylic acid groups (broad SMARTS) is 2. The minimum absolute atomic E-state index is 0.0141. The first-order valence-corrected chi connectivity index (χ1v) is 16.1. The molecule has 0 aliphatic rings. The van der Waals surface area contributed by atoms with Crippen LogP contribution in [0.5, 0.6) is 0 Å². The largest absolute Gasteiger partial charge is 0.478 e. The molecular weight excluding hydrogens is 472 g/mol. The minimum Gasteiger partial charge on any atom is -0.478 e. The first-order chi connectivity index (χ1) is 18.5. The van der Waals surface area contributed by atoms with Crippen molar-refractivity contribution in [3.8, 4) is 0 Å². The van der Waals surface area contributed by atoms with Gasteiger partial charge in [0.15, 0.2) is 0 Å². The second kappa shape index (κ2) is 22.0. The lowest BCUT2D eigenvalue weighted by Gasteiger charge is -2.20. The third-order valence-electron chi connectivity index (χ3n) is 7.95. The van der Waals surface area contributed by atoms with Crippen LogP contribution in [0.25, 0.3) is 0 Å². The quantitative estimate of drug-likeness (QED) is 0.123. The van der Waals surface area contributed by atoms with Crippen molar-refractivity contribution >= 4 is 11.9 Å². The summed E-state index contributed by atoms with van der Waals surface area (Å²) in [4.78, 5) is 24.6. The zero-order chi connectivity index (χ0) is 28.0. The Morgan fingerprint density at radius 2 is 0.868 bits per heavy atom. The van der Waals surface area contributed by atoms with E-state index in [4.69, 9.17) is 0 Å². The highest BCUT2D eigenvalue weighted by atomic mass is 16.4. The van der Waals surface area contributed by atoms with Crippen LogP contribution in [-0.4, -0.2) is 22.2 Å². The van der Waals surface area contributed by atoms with E-state index in [-0.39, 0.29) is 11.1 Å². The van der Waals surface area contributed by atoms with Crippen molar-refractivity contribution in [3.05, 3.63) is 33.9 Å². The number of aryl methyl sites for hydroxylation is 1. The van der Waals surface area contributed by atoms with E-state index in [1.807, 2.05) is 0 Å². The number of unbranched alkanes of at least 4 members (excludes halogenated alkanes) is 17. The average molecular weight is 531 g/mol. The zero-order valence-electron chi connectivity index (χ0n) is 25.1. The predicted octanol–water partition coefficient (Wildman–Crippen LogP) is 10.6. The number of carboxylic acids is 2. The van der Waals surface area contributed by atoms with Crippen LogP contribution in [0.4, 0.5) is 0 Å². The maximum Gasteiger partial charge on any atom is 0.336 e. The number of aromatic carboxylic acids is 2. The summed E-state index contributed by atoms with van der Waals surface area (Å²) in [5.74, 6) is -2.21. The Balaban J connectivity index is 3.10. The van der Waals surface area contributed by atoms with Gasteiger partial charge in [-0.2, -0.15) is 0 Å². The number of benzene rings is 1. The van der Waals surface area contributed by atoms with Crippen molar-refractivity contribution in [1.29, 1.82) is 0 Å². The highest BCUT2D eigenvalue weighted by Crippen LogP contribution is 2.30. The highest BCUT2D eigenvalue weighted by Gasteiger charge is 2.25. The molecule has 0 amide bonds. The van der Waals surface area contributed by atoms with E-state index in [0.717, 1.165) is 68.1 Å².